The summed E-state index contributed by atoms with van der Waals surface area (Å²) in [5, 5.41) is 24.0. The molecule has 2 N–H and O–H groups in total. The lowest BCUT2D eigenvalue weighted by Gasteiger charge is -2.21. The highest BCUT2D eigenvalue weighted by Gasteiger charge is 2.21. The van der Waals surface area contributed by atoms with Gasteiger partial charge in [0.25, 0.3) is 0 Å². The molecule has 0 amide bonds. The van der Waals surface area contributed by atoms with Crippen molar-refractivity contribution in [2.75, 3.05) is 6.61 Å². The van der Waals surface area contributed by atoms with E-state index in [1.54, 1.807) is 0 Å². The Hall–Kier alpha value is -1.21. The number of hydrogen-bond donors (Lipinski definition) is 2. The van der Waals surface area contributed by atoms with Crippen LogP contribution in [0.4, 0.5) is 0 Å². The highest BCUT2D eigenvalue weighted by molar-refractivity contribution is 9.10. The van der Waals surface area contributed by atoms with E-state index in [1.807, 2.05) is 13.8 Å². The van der Waals surface area contributed by atoms with Gasteiger partial charge < -0.3 is 15.3 Å². The number of hydrogen-bond acceptors (Lipinski definition) is 6. The molecule has 1 atom stereocenters. The minimum Gasteiger partial charge on any atom is -0.389 e. The molecule has 16 heavy (non-hydrogen) atoms. The Morgan fingerprint density at radius 2 is 2.19 bits per heavy atom. The van der Waals surface area contributed by atoms with Gasteiger partial charge in [0.2, 0.25) is 0 Å². The third-order valence-electron chi connectivity index (χ3n) is 2.34. The van der Waals surface area contributed by atoms with Gasteiger partial charge >= 0.3 is 0 Å². The van der Waals surface area contributed by atoms with Crippen molar-refractivity contribution >= 4 is 21.8 Å². The second-order valence-electron chi connectivity index (χ2n) is 3.47. The molecule has 0 fully saturated rings. The van der Waals surface area contributed by atoms with E-state index in [0.717, 1.165) is 16.8 Å². The summed E-state index contributed by atoms with van der Waals surface area (Å²) in [6, 6.07) is 0. The quantitative estimate of drug-likeness (QED) is 0.784. The van der Waals surface area contributed by atoms with Crippen molar-refractivity contribution in [3.63, 3.8) is 0 Å². The molecule has 86 valence electrons. The molecule has 0 unspecified atom stereocenters. The summed E-state index contributed by atoms with van der Waals surface area (Å²) in [6.45, 7) is 3.91. The van der Waals surface area contributed by atoms with Crippen molar-refractivity contribution in [1.82, 2.24) is 15.5 Å². The summed E-state index contributed by atoms with van der Waals surface area (Å²) in [4.78, 5) is 4.91. The predicted molar refractivity (Wildman–Crippen MR) is 60.8 cm³/mol. The highest BCUT2D eigenvalue weighted by Crippen LogP contribution is 2.20. The van der Waals surface area contributed by atoms with E-state index < -0.39 is 6.23 Å². The standard InChI is InChI=1S/C9H11BrN4O2/c1-4-5(2)12-13-8(10)7(4)9-11-6(15)3-16-14-9/h6,15H,3H2,1-2H3,(H,11,14)/t6-/m1/s1. The van der Waals surface area contributed by atoms with Crippen LogP contribution in [0, 0.1) is 13.8 Å². The molecule has 0 bridgehead atoms. The van der Waals surface area contributed by atoms with Crippen LogP contribution in [0.2, 0.25) is 0 Å². The Labute approximate surface area is 101 Å². The third kappa shape index (κ3) is 2.00. The van der Waals surface area contributed by atoms with Gasteiger partial charge in [0.05, 0.1) is 11.3 Å². The zero-order chi connectivity index (χ0) is 11.7. The van der Waals surface area contributed by atoms with Crippen molar-refractivity contribution in [3.8, 4) is 0 Å². The van der Waals surface area contributed by atoms with E-state index in [2.05, 4.69) is 36.6 Å². The smallest absolute Gasteiger partial charge is 0.178 e. The van der Waals surface area contributed by atoms with Crippen LogP contribution in [0.15, 0.2) is 9.76 Å². The minimum atomic E-state index is -0.757. The fourth-order valence-electron chi connectivity index (χ4n) is 1.37. The van der Waals surface area contributed by atoms with Crippen LogP contribution in [-0.4, -0.2) is 34.0 Å². The van der Waals surface area contributed by atoms with Gasteiger partial charge in [0.1, 0.15) is 4.60 Å². The summed E-state index contributed by atoms with van der Waals surface area (Å²) >= 11 is 3.31. The van der Waals surface area contributed by atoms with E-state index >= 15 is 0 Å². The molecule has 0 aliphatic carbocycles. The number of aliphatic hydroxyl groups excluding tert-OH is 1. The fraction of sp³-hybridized carbons (Fsp3) is 0.444. The lowest BCUT2D eigenvalue weighted by atomic mass is 10.1. The Morgan fingerprint density at radius 3 is 2.88 bits per heavy atom. The molecule has 1 aromatic rings. The maximum atomic E-state index is 9.42. The second-order valence-corrected chi connectivity index (χ2v) is 4.22. The highest BCUT2D eigenvalue weighted by atomic mass is 79.9. The molecule has 0 radical (unpaired) electrons. The van der Waals surface area contributed by atoms with Gasteiger partial charge in [-0.3, -0.25) is 0 Å². The molecule has 0 saturated carbocycles. The van der Waals surface area contributed by atoms with E-state index in [1.165, 1.54) is 0 Å². The molecule has 0 spiro atoms. The van der Waals surface area contributed by atoms with Crippen molar-refractivity contribution in [3.05, 3.63) is 21.4 Å². The molecular weight excluding hydrogens is 276 g/mol. The van der Waals surface area contributed by atoms with Crippen LogP contribution in [0.3, 0.4) is 0 Å². The van der Waals surface area contributed by atoms with Crippen molar-refractivity contribution in [2.24, 2.45) is 5.16 Å². The molecule has 2 heterocycles. The number of oxime groups is 1. The normalized spacial score (nSPS) is 19.8. The molecule has 1 aliphatic heterocycles. The average molecular weight is 287 g/mol. The molecular formula is C9H11BrN4O2. The van der Waals surface area contributed by atoms with Crippen molar-refractivity contribution in [1.29, 1.82) is 0 Å². The third-order valence-corrected chi connectivity index (χ3v) is 2.90. The number of halogens is 1. The number of aryl methyl sites for hydroxylation is 1. The summed E-state index contributed by atoms with van der Waals surface area (Å²) in [6.07, 6.45) is -0.757. The van der Waals surface area contributed by atoms with E-state index in [9.17, 15) is 5.11 Å². The number of rotatable bonds is 1. The number of amidine groups is 1. The first-order chi connectivity index (χ1) is 7.59. The predicted octanol–water partition coefficient (Wildman–Crippen LogP) is 0.456. The van der Waals surface area contributed by atoms with Gasteiger partial charge in [-0.25, -0.2) is 0 Å². The van der Waals surface area contributed by atoms with E-state index in [-0.39, 0.29) is 6.61 Å². The van der Waals surface area contributed by atoms with Crippen molar-refractivity contribution in [2.45, 2.75) is 20.1 Å². The first-order valence-electron chi connectivity index (χ1n) is 4.74. The van der Waals surface area contributed by atoms with Crippen LogP contribution < -0.4 is 5.32 Å². The summed E-state index contributed by atoms with van der Waals surface area (Å²) < 4.78 is 0.569. The SMILES string of the molecule is Cc1nnc(Br)c(C2=NOC[C@@H](O)N2)c1C. The van der Waals surface area contributed by atoms with Gasteiger partial charge in [-0.05, 0) is 35.3 Å². The van der Waals surface area contributed by atoms with Crippen LogP contribution in [0.1, 0.15) is 16.8 Å². The maximum absolute atomic E-state index is 9.42. The summed E-state index contributed by atoms with van der Waals surface area (Å²) in [5.74, 6) is 0.459. The first-order valence-corrected chi connectivity index (χ1v) is 5.53. The van der Waals surface area contributed by atoms with Crippen LogP contribution in [0.25, 0.3) is 0 Å². The molecule has 7 heteroatoms. The topological polar surface area (TPSA) is 79.6 Å². The lowest BCUT2D eigenvalue weighted by Crippen LogP contribution is -2.42. The van der Waals surface area contributed by atoms with Crippen molar-refractivity contribution < 1.29 is 9.94 Å². The fourth-order valence-corrected chi connectivity index (χ4v) is 1.94. The van der Waals surface area contributed by atoms with Crippen LogP contribution in [-0.2, 0) is 4.84 Å². The average Bonchev–Trinajstić information content (AvgIpc) is 2.24. The Bertz CT molecular complexity index is 449. The Kier molecular flexibility index (Phi) is 3.06. The number of aromatic nitrogens is 2. The van der Waals surface area contributed by atoms with Gasteiger partial charge in [0.15, 0.2) is 18.7 Å². The monoisotopic (exact) mass is 286 g/mol. The number of nitrogens with one attached hydrogen (secondary N) is 1. The number of aliphatic hydroxyl groups is 1. The molecule has 1 aromatic heterocycles. The van der Waals surface area contributed by atoms with E-state index in [0.29, 0.717) is 10.4 Å². The first kappa shape index (κ1) is 11.3. The van der Waals surface area contributed by atoms with Gasteiger partial charge in [-0.2, -0.15) is 5.10 Å². The summed E-state index contributed by atoms with van der Waals surface area (Å²) in [7, 11) is 0. The van der Waals surface area contributed by atoms with Crippen LogP contribution >= 0.6 is 15.9 Å². The second kappa shape index (κ2) is 4.34. The van der Waals surface area contributed by atoms with Gasteiger partial charge in [-0.15, -0.1) is 5.10 Å². The summed E-state index contributed by atoms with van der Waals surface area (Å²) in [5.41, 5.74) is 2.50. The maximum Gasteiger partial charge on any atom is 0.178 e. The number of nitrogens with zero attached hydrogens (tertiary/aromatic N) is 3. The zero-order valence-electron chi connectivity index (χ0n) is 8.86. The minimum absolute atomic E-state index is 0.137. The van der Waals surface area contributed by atoms with E-state index in [4.69, 9.17) is 4.84 Å². The Balaban J connectivity index is 2.47. The molecule has 6 nitrogen and oxygen atoms in total. The Morgan fingerprint density at radius 1 is 1.44 bits per heavy atom. The molecule has 0 saturated heterocycles. The van der Waals surface area contributed by atoms with Gasteiger partial charge in [-0.1, -0.05) is 5.16 Å². The largest absolute Gasteiger partial charge is 0.389 e. The molecule has 0 aromatic carbocycles. The lowest BCUT2D eigenvalue weighted by molar-refractivity contribution is 0.0164. The zero-order valence-corrected chi connectivity index (χ0v) is 10.4. The van der Waals surface area contributed by atoms with Crippen LogP contribution in [0.5, 0.6) is 0 Å². The molecule has 2 rings (SSSR count). The van der Waals surface area contributed by atoms with Gasteiger partial charge in [0, 0.05) is 0 Å². The molecule has 1 aliphatic rings.